The third kappa shape index (κ3) is 3.17. The van der Waals surface area contributed by atoms with Gasteiger partial charge in [-0.1, -0.05) is 25.8 Å². The van der Waals surface area contributed by atoms with Crippen molar-refractivity contribution in [2.75, 3.05) is 0 Å². The molecule has 0 N–H and O–H groups in total. The zero-order valence-electron chi connectivity index (χ0n) is 16.8. The van der Waals surface area contributed by atoms with E-state index in [1.54, 1.807) is 0 Å². The Morgan fingerprint density at radius 3 is 2.14 bits per heavy atom. The van der Waals surface area contributed by atoms with Gasteiger partial charge in [-0.2, -0.15) is 13.2 Å². The van der Waals surface area contributed by atoms with Crippen molar-refractivity contribution in [3.05, 3.63) is 41.2 Å². The van der Waals surface area contributed by atoms with Crippen LogP contribution < -0.4 is 4.74 Å². The predicted molar refractivity (Wildman–Crippen MR) is 100 cm³/mol. The molecule has 4 aliphatic rings. The molecule has 160 valence electrons. The fourth-order valence-corrected chi connectivity index (χ4v) is 5.65. The smallest absolute Gasteiger partial charge is 0.407 e. The minimum absolute atomic E-state index is 0.00388. The largest absolute Gasteiger partial charge is 0.429 e. The number of fused-ring (bicyclic) bond motifs is 2. The van der Waals surface area contributed by atoms with Gasteiger partial charge < -0.3 is 4.74 Å². The van der Waals surface area contributed by atoms with Crippen molar-refractivity contribution in [2.45, 2.75) is 71.3 Å². The van der Waals surface area contributed by atoms with Crippen LogP contribution in [-0.4, -0.2) is 6.11 Å². The Morgan fingerprint density at radius 2 is 1.55 bits per heavy atom. The molecule has 0 unspecified atom stereocenters. The highest BCUT2D eigenvalue weighted by molar-refractivity contribution is 5.32. The molecule has 2 saturated carbocycles. The lowest BCUT2D eigenvalue weighted by Crippen LogP contribution is -2.54. The van der Waals surface area contributed by atoms with Crippen LogP contribution in [-0.2, 0) is 0 Å². The number of ether oxygens (including phenoxy) is 1. The molecule has 5 rings (SSSR count). The Bertz CT molecular complexity index is 815. The predicted octanol–water partition coefficient (Wildman–Crippen LogP) is 7.48. The first kappa shape index (κ1) is 20.7. The first-order chi connectivity index (χ1) is 13.6. The fraction of sp³-hybridized carbons (Fsp3) is 0.652. The average Bonchev–Trinajstić information content (AvgIpc) is 2.70. The fourth-order valence-electron chi connectivity index (χ4n) is 5.65. The van der Waals surface area contributed by atoms with E-state index in [0.29, 0.717) is 18.8 Å². The minimum Gasteiger partial charge on any atom is -0.429 e. The van der Waals surface area contributed by atoms with Crippen LogP contribution in [0.25, 0.3) is 0 Å². The summed E-state index contributed by atoms with van der Waals surface area (Å²) in [6, 6.07) is 2.19. The average molecular weight is 414 g/mol. The third-order valence-electron chi connectivity index (χ3n) is 7.77. The second-order valence-corrected chi connectivity index (χ2v) is 9.39. The maximum absolute atomic E-state index is 15.3. The number of benzene rings is 1. The molecular weight excluding hydrogens is 387 g/mol. The number of alkyl halides is 2. The lowest BCUT2D eigenvalue weighted by atomic mass is 9.51. The maximum atomic E-state index is 15.3. The Kier molecular flexibility index (Phi) is 4.98. The van der Waals surface area contributed by atoms with Gasteiger partial charge in [0, 0.05) is 5.41 Å². The van der Waals surface area contributed by atoms with Crippen molar-refractivity contribution < 1.29 is 26.7 Å². The van der Waals surface area contributed by atoms with E-state index in [9.17, 15) is 8.78 Å². The van der Waals surface area contributed by atoms with E-state index < -0.39 is 40.1 Å². The molecule has 0 saturated heterocycles. The zero-order valence-corrected chi connectivity index (χ0v) is 16.8. The van der Waals surface area contributed by atoms with Crippen molar-refractivity contribution in [3.8, 4) is 5.75 Å². The van der Waals surface area contributed by atoms with Crippen LogP contribution in [0.1, 0.15) is 63.9 Å². The first-order valence-corrected chi connectivity index (χ1v) is 10.5. The van der Waals surface area contributed by atoms with Crippen molar-refractivity contribution in [3.63, 3.8) is 0 Å². The van der Waals surface area contributed by atoms with Crippen LogP contribution in [0.3, 0.4) is 0 Å². The molecule has 1 nitrogen and oxygen atoms in total. The van der Waals surface area contributed by atoms with Gasteiger partial charge in [-0.15, -0.1) is 0 Å². The van der Waals surface area contributed by atoms with Crippen LogP contribution in [0, 0.1) is 41.2 Å². The molecule has 6 heteroatoms. The van der Waals surface area contributed by atoms with E-state index >= 15 is 13.2 Å². The molecule has 4 aliphatic carbocycles. The van der Waals surface area contributed by atoms with E-state index in [1.165, 1.54) is 13.0 Å². The maximum Gasteiger partial charge on any atom is 0.407 e. The van der Waals surface area contributed by atoms with Crippen LogP contribution in [0.4, 0.5) is 22.0 Å². The summed E-state index contributed by atoms with van der Waals surface area (Å²) in [5.41, 5.74) is -2.46. The summed E-state index contributed by atoms with van der Waals surface area (Å²) in [4.78, 5) is 0. The molecule has 2 bridgehead atoms. The summed E-state index contributed by atoms with van der Waals surface area (Å²) >= 11 is 0. The monoisotopic (exact) mass is 414 g/mol. The third-order valence-corrected chi connectivity index (χ3v) is 7.77. The van der Waals surface area contributed by atoms with Crippen LogP contribution in [0.2, 0.25) is 0 Å². The lowest BCUT2D eigenvalue weighted by Gasteiger charge is -2.55. The molecule has 0 amide bonds. The van der Waals surface area contributed by atoms with Crippen molar-refractivity contribution in [1.29, 1.82) is 0 Å². The lowest BCUT2D eigenvalue weighted by molar-refractivity contribution is -0.264. The Balaban J connectivity index is 1.60. The topological polar surface area (TPSA) is 9.23 Å². The number of aryl methyl sites for hydroxylation is 1. The van der Waals surface area contributed by atoms with Crippen LogP contribution in [0.15, 0.2) is 24.0 Å². The van der Waals surface area contributed by atoms with Gasteiger partial charge in [-0.3, -0.25) is 0 Å². The molecule has 1 aromatic rings. The molecule has 0 aliphatic heterocycles. The summed E-state index contributed by atoms with van der Waals surface area (Å²) < 4.78 is 78.1. The molecule has 29 heavy (non-hydrogen) atoms. The molecule has 0 aromatic heterocycles. The van der Waals surface area contributed by atoms with Gasteiger partial charge in [0.15, 0.2) is 11.6 Å². The highest BCUT2D eigenvalue weighted by Crippen LogP contribution is 2.65. The molecule has 1 aromatic carbocycles. The Labute approximate surface area is 168 Å². The second-order valence-electron chi connectivity index (χ2n) is 9.39. The summed E-state index contributed by atoms with van der Waals surface area (Å²) in [6.45, 7) is 3.53. The second kappa shape index (κ2) is 6.98. The van der Waals surface area contributed by atoms with E-state index in [4.69, 9.17) is 4.74 Å². The normalized spacial score (nSPS) is 34.8. The highest BCUT2D eigenvalue weighted by Gasteiger charge is 2.64. The summed E-state index contributed by atoms with van der Waals surface area (Å²) in [7, 11) is 0. The van der Waals surface area contributed by atoms with Gasteiger partial charge in [-0.25, -0.2) is 8.78 Å². The SMILES string of the molecule is Cc1ccc(OC(F)(F)C23C=C(F)C(C4CCC(C)CC4)(CC2)CC3)c(F)c1F. The highest BCUT2D eigenvalue weighted by atomic mass is 19.3. The van der Waals surface area contributed by atoms with E-state index in [2.05, 4.69) is 6.92 Å². The first-order valence-electron chi connectivity index (χ1n) is 10.5. The molecular formula is C23H27F5O. The summed E-state index contributed by atoms with van der Waals surface area (Å²) in [5, 5.41) is 0. The van der Waals surface area contributed by atoms with Crippen molar-refractivity contribution in [1.82, 2.24) is 0 Å². The number of rotatable bonds is 4. The summed E-state index contributed by atoms with van der Waals surface area (Å²) in [5.74, 6) is -3.15. The molecule has 0 radical (unpaired) electrons. The van der Waals surface area contributed by atoms with Crippen molar-refractivity contribution >= 4 is 0 Å². The van der Waals surface area contributed by atoms with Gasteiger partial charge in [0.2, 0.25) is 5.82 Å². The number of allylic oxidation sites excluding steroid dienone is 1. The van der Waals surface area contributed by atoms with Crippen molar-refractivity contribution in [2.24, 2.45) is 22.7 Å². The molecule has 0 heterocycles. The van der Waals surface area contributed by atoms with E-state index in [0.717, 1.165) is 37.8 Å². The molecule has 0 spiro atoms. The van der Waals surface area contributed by atoms with Gasteiger partial charge in [0.25, 0.3) is 0 Å². The zero-order chi connectivity index (χ0) is 21.0. The van der Waals surface area contributed by atoms with E-state index in [-0.39, 0.29) is 24.3 Å². The van der Waals surface area contributed by atoms with Gasteiger partial charge in [0.05, 0.1) is 5.41 Å². The Hall–Kier alpha value is -1.59. The molecule has 0 atom stereocenters. The van der Waals surface area contributed by atoms with Crippen LogP contribution in [0.5, 0.6) is 5.75 Å². The van der Waals surface area contributed by atoms with E-state index in [1.807, 2.05) is 0 Å². The van der Waals surface area contributed by atoms with Gasteiger partial charge >= 0.3 is 6.11 Å². The Morgan fingerprint density at radius 1 is 0.931 bits per heavy atom. The quantitative estimate of drug-likeness (QED) is 0.464. The van der Waals surface area contributed by atoms with Gasteiger partial charge in [0.1, 0.15) is 5.83 Å². The van der Waals surface area contributed by atoms with Gasteiger partial charge in [-0.05, 0) is 75.0 Å². The summed E-state index contributed by atoms with van der Waals surface area (Å²) in [6.07, 6.45) is 2.00. The number of halogens is 5. The standard InChI is InChI=1S/C23H27F5O/c1-14-3-6-16(7-4-14)22-11-9-21(10-12-22,13-18(22)24)23(27,28)29-17-8-5-15(2)19(25)20(17)26/h5,8,13-14,16H,3-4,6-7,9-12H2,1-2H3. The molecule has 2 fully saturated rings. The number of hydrogen-bond acceptors (Lipinski definition) is 1. The number of hydrogen-bond donors (Lipinski definition) is 0. The minimum atomic E-state index is -3.83. The van der Waals surface area contributed by atoms with Crippen LogP contribution >= 0.6 is 0 Å².